The first-order valence-electron chi connectivity index (χ1n) is 4.01. The van der Waals surface area contributed by atoms with Crippen molar-refractivity contribution >= 4 is 12.6 Å². The zero-order valence-corrected chi connectivity index (χ0v) is 7.31. The third-order valence-electron chi connectivity index (χ3n) is 1.93. The summed E-state index contributed by atoms with van der Waals surface area (Å²) in [7, 11) is -1.51. The van der Waals surface area contributed by atoms with Crippen LogP contribution in [0.15, 0.2) is 24.3 Å². The maximum atomic E-state index is 9.00. The summed E-state index contributed by atoms with van der Waals surface area (Å²) >= 11 is 0. The van der Waals surface area contributed by atoms with Crippen LogP contribution in [0.5, 0.6) is 0 Å². The van der Waals surface area contributed by atoms with Crippen molar-refractivity contribution in [3.63, 3.8) is 0 Å². The summed E-state index contributed by atoms with van der Waals surface area (Å²) in [4.78, 5) is 0. The first-order chi connectivity index (χ1) is 6.16. The molecule has 0 saturated carbocycles. The minimum Gasteiger partial charge on any atom is -0.423 e. The first kappa shape index (κ1) is 9.78. The fourth-order valence-electron chi connectivity index (χ4n) is 1.21. The lowest BCUT2D eigenvalue weighted by molar-refractivity contribution is 0.425. The lowest BCUT2D eigenvalue weighted by Crippen LogP contribution is -2.33. The standard InChI is InChI=1S/C9H10BNO2/c1-7(6-11)8-4-2-3-5-9(8)10(12)13/h2-5,7,12-13H,1H3/t7-/m1/s1. The Morgan fingerprint density at radius 1 is 1.38 bits per heavy atom. The number of benzene rings is 1. The van der Waals surface area contributed by atoms with Gasteiger partial charge in [-0.25, -0.2) is 0 Å². The van der Waals surface area contributed by atoms with Crippen molar-refractivity contribution in [1.29, 1.82) is 5.26 Å². The molecule has 1 atom stereocenters. The zero-order valence-electron chi connectivity index (χ0n) is 7.31. The number of hydrogen-bond donors (Lipinski definition) is 2. The number of nitriles is 1. The molecule has 0 aromatic heterocycles. The molecule has 4 heteroatoms. The Balaban J connectivity index is 3.13. The summed E-state index contributed by atoms with van der Waals surface area (Å²) in [6.45, 7) is 1.72. The van der Waals surface area contributed by atoms with Crippen LogP contribution < -0.4 is 5.46 Å². The topological polar surface area (TPSA) is 64.2 Å². The summed E-state index contributed by atoms with van der Waals surface area (Å²) in [5.74, 6) is -0.321. The van der Waals surface area contributed by atoms with E-state index in [-0.39, 0.29) is 5.92 Å². The van der Waals surface area contributed by atoms with Gasteiger partial charge in [0.2, 0.25) is 0 Å². The number of nitrogens with zero attached hydrogens (tertiary/aromatic N) is 1. The maximum absolute atomic E-state index is 9.00. The minimum atomic E-state index is -1.51. The molecule has 66 valence electrons. The van der Waals surface area contributed by atoms with Crippen molar-refractivity contribution < 1.29 is 10.0 Å². The molecule has 1 aromatic rings. The van der Waals surface area contributed by atoms with Gasteiger partial charge in [-0.05, 0) is 17.9 Å². The van der Waals surface area contributed by atoms with Gasteiger partial charge in [-0.1, -0.05) is 24.3 Å². The molecule has 3 nitrogen and oxygen atoms in total. The van der Waals surface area contributed by atoms with Crippen molar-refractivity contribution in [2.24, 2.45) is 0 Å². The summed E-state index contributed by atoms with van der Waals surface area (Å²) in [5, 5.41) is 26.7. The Bertz CT molecular complexity index is 333. The van der Waals surface area contributed by atoms with E-state index >= 15 is 0 Å². The van der Waals surface area contributed by atoms with Crippen molar-refractivity contribution in [1.82, 2.24) is 0 Å². The quantitative estimate of drug-likeness (QED) is 0.621. The van der Waals surface area contributed by atoms with Crippen molar-refractivity contribution in [3.05, 3.63) is 29.8 Å². The monoisotopic (exact) mass is 175 g/mol. The molecule has 0 spiro atoms. The van der Waals surface area contributed by atoms with Gasteiger partial charge < -0.3 is 10.0 Å². The molecule has 0 aliphatic carbocycles. The molecule has 0 radical (unpaired) electrons. The van der Waals surface area contributed by atoms with E-state index in [0.29, 0.717) is 11.0 Å². The SMILES string of the molecule is C[C@H](C#N)c1ccccc1B(O)O. The molecule has 0 bridgehead atoms. The van der Waals surface area contributed by atoms with Gasteiger partial charge in [0, 0.05) is 0 Å². The molecular formula is C9H10BNO2. The molecule has 0 saturated heterocycles. The van der Waals surface area contributed by atoms with E-state index in [9.17, 15) is 0 Å². The molecule has 13 heavy (non-hydrogen) atoms. The minimum absolute atomic E-state index is 0.321. The van der Waals surface area contributed by atoms with Crippen molar-refractivity contribution in [2.45, 2.75) is 12.8 Å². The van der Waals surface area contributed by atoms with Crippen LogP contribution in [0.1, 0.15) is 18.4 Å². The third kappa shape index (κ3) is 2.08. The smallest absolute Gasteiger partial charge is 0.423 e. The molecule has 1 aromatic carbocycles. The highest BCUT2D eigenvalue weighted by Gasteiger charge is 2.18. The van der Waals surface area contributed by atoms with E-state index in [1.165, 1.54) is 0 Å². The van der Waals surface area contributed by atoms with E-state index < -0.39 is 7.12 Å². The Morgan fingerprint density at radius 2 is 2.00 bits per heavy atom. The normalized spacial score (nSPS) is 11.8. The highest BCUT2D eigenvalue weighted by atomic mass is 16.4. The summed E-state index contributed by atoms with van der Waals surface area (Å²) in [5.41, 5.74) is 1.07. The van der Waals surface area contributed by atoms with E-state index in [2.05, 4.69) is 6.07 Å². The van der Waals surface area contributed by atoms with Crippen LogP contribution in [-0.4, -0.2) is 17.2 Å². The number of rotatable bonds is 2. The van der Waals surface area contributed by atoms with Gasteiger partial charge in [-0.3, -0.25) is 0 Å². The first-order valence-corrected chi connectivity index (χ1v) is 4.01. The van der Waals surface area contributed by atoms with E-state index in [1.54, 1.807) is 31.2 Å². The third-order valence-corrected chi connectivity index (χ3v) is 1.93. The van der Waals surface area contributed by atoms with Gasteiger partial charge in [0.15, 0.2) is 0 Å². The van der Waals surface area contributed by atoms with Gasteiger partial charge in [0.1, 0.15) is 0 Å². The predicted molar refractivity (Wildman–Crippen MR) is 50.3 cm³/mol. The Labute approximate surface area is 77.4 Å². The largest absolute Gasteiger partial charge is 0.488 e. The molecule has 0 amide bonds. The second-order valence-corrected chi connectivity index (χ2v) is 2.85. The summed E-state index contributed by atoms with van der Waals surface area (Å²) in [6, 6.07) is 8.87. The van der Waals surface area contributed by atoms with Gasteiger partial charge in [-0.2, -0.15) is 5.26 Å². The summed E-state index contributed by atoms with van der Waals surface area (Å²) in [6.07, 6.45) is 0. The van der Waals surface area contributed by atoms with E-state index in [4.69, 9.17) is 15.3 Å². The van der Waals surface area contributed by atoms with Gasteiger partial charge >= 0.3 is 7.12 Å². The van der Waals surface area contributed by atoms with Gasteiger partial charge in [0.05, 0.1) is 12.0 Å². The lowest BCUT2D eigenvalue weighted by Gasteiger charge is -2.09. The molecule has 0 heterocycles. The van der Waals surface area contributed by atoms with Crippen LogP contribution in [0, 0.1) is 11.3 Å². The van der Waals surface area contributed by atoms with E-state index in [1.807, 2.05) is 0 Å². The molecular weight excluding hydrogens is 165 g/mol. The number of hydrogen-bond acceptors (Lipinski definition) is 3. The molecule has 0 fully saturated rings. The van der Waals surface area contributed by atoms with Crippen molar-refractivity contribution in [2.75, 3.05) is 0 Å². The highest BCUT2D eigenvalue weighted by Crippen LogP contribution is 2.11. The Kier molecular flexibility index (Phi) is 3.07. The predicted octanol–water partition coefficient (Wildman–Crippen LogP) is -0.00652. The lowest BCUT2D eigenvalue weighted by atomic mass is 9.74. The highest BCUT2D eigenvalue weighted by molar-refractivity contribution is 6.59. The van der Waals surface area contributed by atoms with Gasteiger partial charge in [0.25, 0.3) is 0 Å². The maximum Gasteiger partial charge on any atom is 0.488 e. The average Bonchev–Trinajstić information content (AvgIpc) is 2.16. The van der Waals surface area contributed by atoms with Crippen LogP contribution in [0.3, 0.4) is 0 Å². The fraction of sp³-hybridized carbons (Fsp3) is 0.222. The van der Waals surface area contributed by atoms with Crippen LogP contribution in [0.25, 0.3) is 0 Å². The second kappa shape index (κ2) is 4.08. The molecule has 1 rings (SSSR count). The zero-order chi connectivity index (χ0) is 9.84. The average molecular weight is 175 g/mol. The summed E-state index contributed by atoms with van der Waals surface area (Å²) < 4.78 is 0. The molecule has 0 aliphatic rings. The fourth-order valence-corrected chi connectivity index (χ4v) is 1.21. The molecule has 2 N–H and O–H groups in total. The van der Waals surface area contributed by atoms with Crippen LogP contribution in [-0.2, 0) is 0 Å². The Morgan fingerprint density at radius 3 is 2.54 bits per heavy atom. The van der Waals surface area contributed by atoms with Crippen LogP contribution >= 0.6 is 0 Å². The van der Waals surface area contributed by atoms with Crippen LogP contribution in [0.4, 0.5) is 0 Å². The van der Waals surface area contributed by atoms with Crippen molar-refractivity contribution in [3.8, 4) is 6.07 Å². The van der Waals surface area contributed by atoms with Gasteiger partial charge in [-0.15, -0.1) is 0 Å². The molecule has 0 unspecified atom stereocenters. The second-order valence-electron chi connectivity index (χ2n) is 2.85. The van der Waals surface area contributed by atoms with E-state index in [0.717, 1.165) is 0 Å². The molecule has 0 aliphatic heterocycles. The van der Waals surface area contributed by atoms with Crippen LogP contribution in [0.2, 0.25) is 0 Å². The Hall–Kier alpha value is -1.31.